The molecule has 20 heavy (non-hydrogen) atoms. The highest BCUT2D eigenvalue weighted by molar-refractivity contribution is 8.18. The van der Waals surface area contributed by atoms with Crippen molar-refractivity contribution in [3.05, 3.63) is 32.7 Å². The first-order valence-electron chi connectivity index (χ1n) is 5.27. The van der Waals surface area contributed by atoms with Crippen LogP contribution in [0.4, 0.5) is 5.69 Å². The molecule has 1 aliphatic rings. The Labute approximate surface area is 117 Å². The second kappa shape index (κ2) is 5.21. The van der Waals surface area contributed by atoms with Gasteiger partial charge in [0.2, 0.25) is 5.75 Å². The van der Waals surface area contributed by atoms with E-state index in [1.54, 1.807) is 0 Å². The van der Waals surface area contributed by atoms with Crippen LogP contribution in [0.5, 0.6) is 11.5 Å². The Bertz CT molecular complexity index is 656. The number of ether oxygens (including phenoxy) is 1. The Hall–Kier alpha value is -2.55. The van der Waals surface area contributed by atoms with Crippen molar-refractivity contribution in [1.82, 2.24) is 5.32 Å². The molecule has 0 atom stereocenters. The van der Waals surface area contributed by atoms with E-state index < -0.39 is 22.3 Å². The number of nitro benzene ring substituents is 1. The van der Waals surface area contributed by atoms with Crippen LogP contribution in [0.15, 0.2) is 17.0 Å². The second-order valence-electron chi connectivity index (χ2n) is 3.74. The molecule has 1 fully saturated rings. The number of methoxy groups -OCH3 is 1. The Balaban J connectivity index is 2.50. The van der Waals surface area contributed by atoms with E-state index in [0.29, 0.717) is 5.56 Å². The predicted molar refractivity (Wildman–Crippen MR) is 72.8 cm³/mol. The number of nitrogens with zero attached hydrogens (tertiary/aromatic N) is 1. The first-order valence-corrected chi connectivity index (χ1v) is 6.09. The maximum Gasteiger partial charge on any atom is 0.315 e. The maximum absolute atomic E-state index is 11.5. The quantitative estimate of drug-likeness (QED) is 0.440. The van der Waals surface area contributed by atoms with E-state index >= 15 is 0 Å². The summed E-state index contributed by atoms with van der Waals surface area (Å²) in [6.45, 7) is 0. The molecule has 0 unspecified atom stereocenters. The lowest BCUT2D eigenvalue weighted by Gasteiger charge is -2.05. The van der Waals surface area contributed by atoms with Crippen molar-refractivity contribution in [2.24, 2.45) is 0 Å². The highest BCUT2D eigenvalue weighted by Crippen LogP contribution is 2.38. The number of phenols is 1. The van der Waals surface area contributed by atoms with E-state index in [1.807, 2.05) is 0 Å². The Morgan fingerprint density at radius 3 is 2.75 bits per heavy atom. The zero-order valence-corrected chi connectivity index (χ0v) is 11.0. The number of rotatable bonds is 3. The average molecular weight is 295 g/mol. The summed E-state index contributed by atoms with van der Waals surface area (Å²) in [5.74, 6) is -1.09. The molecular weight excluding hydrogens is 286 g/mol. The smallest absolute Gasteiger partial charge is 0.315 e. The van der Waals surface area contributed by atoms with Crippen LogP contribution in [0.1, 0.15) is 5.56 Å². The largest absolute Gasteiger partial charge is 0.500 e. The zero-order chi connectivity index (χ0) is 14.9. The predicted octanol–water partition coefficient (Wildman–Crippen LogP) is 1.45. The molecule has 0 saturated carbocycles. The van der Waals surface area contributed by atoms with Crippen LogP contribution in [0.3, 0.4) is 0 Å². The summed E-state index contributed by atoms with van der Waals surface area (Å²) < 4.78 is 4.86. The fourth-order valence-corrected chi connectivity index (χ4v) is 2.29. The van der Waals surface area contributed by atoms with Crippen molar-refractivity contribution in [2.75, 3.05) is 7.11 Å². The number of carbonyl (C=O) groups is 1. The number of phenolic OH excluding ortho intramolecular Hbond substituents is 1. The number of aromatic hydroxyl groups is 1. The number of hydrogen-bond acceptors (Lipinski definition) is 7. The van der Waals surface area contributed by atoms with Gasteiger partial charge < -0.3 is 15.2 Å². The Morgan fingerprint density at radius 2 is 2.25 bits per heavy atom. The third-order valence-electron chi connectivity index (χ3n) is 2.45. The number of benzene rings is 1. The van der Waals surface area contributed by atoms with E-state index in [9.17, 15) is 20.0 Å². The first kappa shape index (κ1) is 13.9. The van der Waals surface area contributed by atoms with Gasteiger partial charge in [0.1, 0.15) is 0 Å². The third kappa shape index (κ3) is 2.57. The van der Waals surface area contributed by atoms with Gasteiger partial charge in [0.15, 0.2) is 10.9 Å². The number of nitrogens with one attached hydrogen (secondary N) is 2. The Morgan fingerprint density at radius 1 is 1.55 bits per heavy atom. The molecule has 1 amide bonds. The molecule has 8 nitrogen and oxygen atoms in total. The number of nitro groups is 1. The van der Waals surface area contributed by atoms with Crippen LogP contribution in [0.25, 0.3) is 6.08 Å². The summed E-state index contributed by atoms with van der Waals surface area (Å²) in [7, 11) is 1.27. The topological polar surface area (TPSA) is 126 Å². The van der Waals surface area contributed by atoms with Crippen molar-refractivity contribution >= 4 is 34.6 Å². The molecule has 2 rings (SSSR count). The highest BCUT2D eigenvalue weighted by Gasteiger charge is 2.24. The molecule has 1 saturated heterocycles. The lowest BCUT2D eigenvalue weighted by atomic mass is 10.1. The molecule has 0 aromatic heterocycles. The molecule has 1 heterocycles. The number of thioether (sulfide) groups is 1. The number of hydrogen-bond donors (Lipinski definition) is 3. The summed E-state index contributed by atoms with van der Waals surface area (Å²) in [4.78, 5) is 21.8. The minimum Gasteiger partial charge on any atom is -0.500 e. The standard InChI is InChI=1S/C11H9N3O5S/c1-19-7-3-5(2-6(9(7)15)14(17)18)4-8-10(16)13-11(12)20-8/h2-4,15H,1H3,(H2,12,13,16)/b8-4+. The normalized spacial score (nSPS) is 16.4. The van der Waals surface area contributed by atoms with Gasteiger partial charge in [-0.15, -0.1) is 0 Å². The van der Waals surface area contributed by atoms with Gasteiger partial charge in [-0.25, -0.2) is 0 Å². The molecule has 1 aromatic rings. The summed E-state index contributed by atoms with van der Waals surface area (Å²) in [5.41, 5.74) is -0.201. The molecule has 0 aliphatic carbocycles. The van der Waals surface area contributed by atoms with E-state index in [1.165, 1.54) is 19.3 Å². The molecule has 0 spiro atoms. The minimum absolute atomic E-state index is 0.0125. The van der Waals surface area contributed by atoms with Crippen LogP contribution >= 0.6 is 11.8 Å². The van der Waals surface area contributed by atoms with Gasteiger partial charge in [0.05, 0.1) is 16.9 Å². The molecule has 104 valence electrons. The summed E-state index contributed by atoms with van der Waals surface area (Å²) >= 11 is 0.911. The van der Waals surface area contributed by atoms with Gasteiger partial charge in [0.25, 0.3) is 5.91 Å². The fourth-order valence-electron chi connectivity index (χ4n) is 1.58. The van der Waals surface area contributed by atoms with Crippen LogP contribution in [-0.4, -0.2) is 28.2 Å². The van der Waals surface area contributed by atoms with Crippen molar-refractivity contribution < 1.29 is 19.6 Å². The van der Waals surface area contributed by atoms with E-state index in [0.717, 1.165) is 17.8 Å². The van der Waals surface area contributed by atoms with E-state index in [4.69, 9.17) is 10.1 Å². The van der Waals surface area contributed by atoms with Crippen LogP contribution in [0, 0.1) is 15.5 Å². The monoisotopic (exact) mass is 295 g/mol. The van der Waals surface area contributed by atoms with Crippen molar-refractivity contribution in [3.63, 3.8) is 0 Å². The SMILES string of the molecule is COc1cc(/C=C2/SC(=N)NC2=O)cc([N+](=O)[O-])c1O. The molecule has 0 bridgehead atoms. The van der Waals surface area contributed by atoms with Crippen molar-refractivity contribution in [1.29, 1.82) is 5.41 Å². The lowest BCUT2D eigenvalue weighted by molar-refractivity contribution is -0.386. The van der Waals surface area contributed by atoms with Crippen LogP contribution < -0.4 is 10.1 Å². The molecule has 1 aliphatic heterocycles. The van der Waals surface area contributed by atoms with Crippen LogP contribution in [0.2, 0.25) is 0 Å². The zero-order valence-electron chi connectivity index (χ0n) is 10.2. The van der Waals surface area contributed by atoms with Crippen LogP contribution in [-0.2, 0) is 4.79 Å². The third-order valence-corrected chi connectivity index (χ3v) is 3.28. The van der Waals surface area contributed by atoms with Gasteiger partial charge in [-0.1, -0.05) is 0 Å². The second-order valence-corrected chi connectivity index (χ2v) is 4.79. The van der Waals surface area contributed by atoms with E-state index in [-0.39, 0.29) is 15.8 Å². The van der Waals surface area contributed by atoms with Gasteiger partial charge in [-0.2, -0.15) is 0 Å². The summed E-state index contributed by atoms with van der Waals surface area (Å²) in [6.07, 6.45) is 1.39. The molecule has 0 radical (unpaired) electrons. The van der Waals surface area contributed by atoms with Crippen molar-refractivity contribution in [2.45, 2.75) is 0 Å². The van der Waals surface area contributed by atoms with Gasteiger partial charge in [-0.05, 0) is 29.5 Å². The molecule has 9 heteroatoms. The molecule has 1 aromatic carbocycles. The Kier molecular flexibility index (Phi) is 3.61. The number of amidine groups is 1. The lowest BCUT2D eigenvalue weighted by Crippen LogP contribution is -2.18. The summed E-state index contributed by atoms with van der Waals surface area (Å²) in [6, 6.07) is 2.49. The molecular formula is C11H9N3O5S. The van der Waals surface area contributed by atoms with Gasteiger partial charge in [0, 0.05) is 6.07 Å². The number of amides is 1. The van der Waals surface area contributed by atoms with Gasteiger partial charge >= 0.3 is 5.69 Å². The van der Waals surface area contributed by atoms with Gasteiger partial charge in [-0.3, -0.25) is 20.3 Å². The first-order chi connectivity index (χ1) is 9.42. The molecule has 3 N–H and O–H groups in total. The fraction of sp³-hybridized carbons (Fsp3) is 0.0909. The maximum atomic E-state index is 11.5. The highest BCUT2D eigenvalue weighted by atomic mass is 32.2. The summed E-state index contributed by atoms with van der Waals surface area (Å²) in [5, 5.41) is 30.1. The van der Waals surface area contributed by atoms with E-state index in [2.05, 4.69) is 5.32 Å². The number of carbonyl (C=O) groups excluding carboxylic acids is 1. The van der Waals surface area contributed by atoms with Crippen molar-refractivity contribution in [3.8, 4) is 11.5 Å². The minimum atomic E-state index is -0.746. The average Bonchev–Trinajstić information content (AvgIpc) is 2.69.